The predicted molar refractivity (Wildman–Crippen MR) is 65.5 cm³/mol. The Balaban J connectivity index is 2.69. The van der Waals surface area contributed by atoms with Crippen molar-refractivity contribution in [2.24, 2.45) is 11.3 Å². The van der Waals surface area contributed by atoms with Crippen LogP contribution in [0.25, 0.3) is 0 Å². The largest absolute Gasteiger partial charge is 0.512 e. The van der Waals surface area contributed by atoms with Gasteiger partial charge >= 0.3 is 12.1 Å². The highest BCUT2D eigenvalue weighted by molar-refractivity contribution is 5.60. The molecule has 1 fully saturated rings. The van der Waals surface area contributed by atoms with E-state index in [2.05, 4.69) is 27.7 Å². The van der Waals surface area contributed by atoms with E-state index < -0.39 is 12.1 Å². The lowest BCUT2D eigenvalue weighted by Crippen LogP contribution is -2.38. The summed E-state index contributed by atoms with van der Waals surface area (Å²) < 4.78 is 9.93. The second-order valence-electron chi connectivity index (χ2n) is 5.62. The summed E-state index contributed by atoms with van der Waals surface area (Å²) in [7, 11) is 0. The van der Waals surface area contributed by atoms with Crippen molar-refractivity contribution in [3.05, 3.63) is 0 Å². The molecule has 18 heavy (non-hydrogen) atoms. The van der Waals surface area contributed by atoms with Gasteiger partial charge in [0.15, 0.2) is 0 Å². The van der Waals surface area contributed by atoms with Crippen LogP contribution in [-0.4, -0.2) is 18.7 Å². The molecule has 0 radical (unpaired) electrons. The molecule has 0 aromatic heterocycles. The van der Waals surface area contributed by atoms with Gasteiger partial charge in [-0.2, -0.15) is 9.78 Å². The summed E-state index contributed by atoms with van der Waals surface area (Å²) in [5, 5.41) is 0. The molecule has 106 valence electrons. The predicted octanol–water partition coefficient (Wildman–Crippen LogP) is 3.63. The van der Waals surface area contributed by atoms with Crippen molar-refractivity contribution in [3.63, 3.8) is 0 Å². The molecule has 0 saturated carbocycles. The van der Waals surface area contributed by atoms with Gasteiger partial charge in [0.05, 0.1) is 12.5 Å². The Bertz CT molecular complexity index is 278. The third kappa shape index (κ3) is 3.85. The highest BCUT2D eigenvalue weighted by Crippen LogP contribution is 2.49. The van der Waals surface area contributed by atoms with E-state index in [0.717, 1.165) is 19.3 Å². The Labute approximate surface area is 109 Å². The fourth-order valence-corrected chi connectivity index (χ4v) is 2.07. The zero-order valence-electron chi connectivity index (χ0n) is 11.9. The van der Waals surface area contributed by atoms with Gasteiger partial charge in [0, 0.05) is 0 Å². The van der Waals surface area contributed by atoms with Crippen LogP contribution in [0.4, 0.5) is 4.79 Å². The maximum absolute atomic E-state index is 11.4. The Kier molecular flexibility index (Phi) is 4.99. The molecule has 1 aliphatic heterocycles. The van der Waals surface area contributed by atoms with E-state index >= 15 is 0 Å². The fraction of sp³-hybridized carbons (Fsp3) is 0.923. The van der Waals surface area contributed by atoms with Gasteiger partial charge in [0.1, 0.15) is 0 Å². The number of rotatable bonds is 6. The molecule has 0 spiro atoms. The molecule has 1 saturated heterocycles. The van der Waals surface area contributed by atoms with E-state index in [0.29, 0.717) is 0 Å². The molecule has 5 nitrogen and oxygen atoms in total. The zero-order valence-corrected chi connectivity index (χ0v) is 11.9. The monoisotopic (exact) mass is 260 g/mol. The Morgan fingerprint density at radius 1 is 1.28 bits per heavy atom. The molecule has 1 heterocycles. The minimum atomic E-state index is -1.25. The van der Waals surface area contributed by atoms with E-state index in [1.807, 2.05) is 0 Å². The van der Waals surface area contributed by atoms with Crippen LogP contribution in [0.2, 0.25) is 0 Å². The number of hydrogen-bond donors (Lipinski definition) is 0. The molecule has 1 unspecified atom stereocenters. The number of carbonyl (C=O) groups is 1. The van der Waals surface area contributed by atoms with Gasteiger partial charge in [-0.05, 0) is 18.8 Å². The van der Waals surface area contributed by atoms with Gasteiger partial charge in [-0.25, -0.2) is 4.79 Å². The van der Waals surface area contributed by atoms with Gasteiger partial charge in [0.25, 0.3) is 0 Å². The van der Waals surface area contributed by atoms with Gasteiger partial charge < -0.3 is 9.47 Å². The van der Waals surface area contributed by atoms with Crippen LogP contribution < -0.4 is 0 Å². The van der Waals surface area contributed by atoms with Crippen LogP contribution in [0.15, 0.2) is 0 Å². The molecular weight excluding hydrogens is 236 g/mol. The van der Waals surface area contributed by atoms with Crippen molar-refractivity contribution in [2.75, 3.05) is 6.61 Å². The summed E-state index contributed by atoms with van der Waals surface area (Å²) in [4.78, 5) is 21.4. The summed E-state index contributed by atoms with van der Waals surface area (Å²) in [6.45, 7) is 10.3. The molecule has 5 heteroatoms. The molecule has 1 atom stereocenters. The van der Waals surface area contributed by atoms with Crippen molar-refractivity contribution >= 4 is 6.16 Å². The summed E-state index contributed by atoms with van der Waals surface area (Å²) in [5.41, 5.74) is -0.0852. The topological polar surface area (TPSA) is 60.6 Å². The number of carbonyl (C=O) groups excluding carboxylic acids is 1. The van der Waals surface area contributed by atoms with Crippen LogP contribution in [-0.2, 0) is 19.2 Å². The van der Waals surface area contributed by atoms with Crippen molar-refractivity contribution in [1.82, 2.24) is 0 Å². The first-order valence-electron chi connectivity index (χ1n) is 6.58. The van der Waals surface area contributed by atoms with Gasteiger partial charge in [-0.15, -0.1) is 0 Å². The second kappa shape index (κ2) is 5.89. The number of unbranched alkanes of at least 4 members (excludes halogenated alkanes) is 1. The van der Waals surface area contributed by atoms with Gasteiger partial charge in [0.2, 0.25) is 0 Å². The quantitative estimate of drug-likeness (QED) is 0.414. The highest BCUT2D eigenvalue weighted by Gasteiger charge is 2.63. The van der Waals surface area contributed by atoms with Crippen LogP contribution in [0.1, 0.15) is 53.9 Å². The van der Waals surface area contributed by atoms with Crippen LogP contribution >= 0.6 is 0 Å². The van der Waals surface area contributed by atoms with Crippen LogP contribution in [0, 0.1) is 11.3 Å². The number of ether oxygens (including phenoxy) is 2. The van der Waals surface area contributed by atoms with E-state index in [9.17, 15) is 4.79 Å². The molecule has 1 aliphatic rings. The maximum Gasteiger partial charge on any atom is 0.512 e. The molecule has 0 aliphatic carbocycles. The van der Waals surface area contributed by atoms with Crippen molar-refractivity contribution in [2.45, 2.75) is 59.9 Å². The Hall–Kier alpha value is -0.810. The van der Waals surface area contributed by atoms with Crippen LogP contribution in [0.3, 0.4) is 0 Å². The highest BCUT2D eigenvalue weighted by atomic mass is 17.5. The third-order valence-electron chi connectivity index (χ3n) is 3.05. The maximum atomic E-state index is 11.4. The average molecular weight is 260 g/mol. The lowest BCUT2D eigenvalue weighted by molar-refractivity contribution is -0.106. The minimum absolute atomic E-state index is 0.0191. The molecule has 0 aromatic rings. The molecule has 0 N–H and O–H groups in total. The van der Waals surface area contributed by atoms with E-state index in [1.165, 1.54) is 0 Å². The van der Waals surface area contributed by atoms with Gasteiger partial charge in [-0.3, -0.25) is 0 Å². The Morgan fingerprint density at radius 2 is 1.89 bits per heavy atom. The molecule has 0 aromatic carbocycles. The van der Waals surface area contributed by atoms with E-state index in [-0.39, 0.29) is 17.9 Å². The molecular formula is C13H24O5. The second-order valence-corrected chi connectivity index (χ2v) is 5.62. The molecule has 0 bridgehead atoms. The summed E-state index contributed by atoms with van der Waals surface area (Å²) >= 11 is 0. The summed E-state index contributed by atoms with van der Waals surface area (Å²) in [6, 6.07) is 0. The van der Waals surface area contributed by atoms with Crippen molar-refractivity contribution < 1.29 is 24.0 Å². The lowest BCUT2D eigenvalue weighted by atomic mass is 9.76. The fourth-order valence-electron chi connectivity index (χ4n) is 2.07. The minimum Gasteiger partial charge on any atom is -0.434 e. The van der Waals surface area contributed by atoms with Gasteiger partial charge in [-0.1, -0.05) is 40.5 Å². The SMILES string of the molecule is CCCCC(C(C)(C)C)C1(OC(=O)OCC)OO1. The van der Waals surface area contributed by atoms with E-state index in [1.54, 1.807) is 6.92 Å². The standard InChI is InChI=1S/C13H24O5/c1-6-8-9-10(12(3,4)5)13(17-18-13)16-11(14)15-7-2/h10H,6-9H2,1-5H3. The first kappa shape index (κ1) is 15.2. The first-order chi connectivity index (χ1) is 8.35. The first-order valence-corrected chi connectivity index (χ1v) is 6.58. The molecule has 0 amide bonds. The Morgan fingerprint density at radius 3 is 2.28 bits per heavy atom. The molecule has 1 rings (SSSR count). The number of hydrogen-bond acceptors (Lipinski definition) is 5. The summed E-state index contributed by atoms with van der Waals surface area (Å²) in [6.07, 6.45) is 2.23. The third-order valence-corrected chi connectivity index (χ3v) is 3.05. The average Bonchev–Trinajstić information content (AvgIpc) is 2.97. The normalized spacial score (nSPS) is 19.2. The van der Waals surface area contributed by atoms with Crippen molar-refractivity contribution in [3.8, 4) is 0 Å². The summed E-state index contributed by atoms with van der Waals surface area (Å²) in [5.74, 6) is -1.27. The zero-order chi connectivity index (χ0) is 13.8. The van der Waals surface area contributed by atoms with Crippen LogP contribution in [0.5, 0.6) is 0 Å². The van der Waals surface area contributed by atoms with E-state index in [4.69, 9.17) is 19.2 Å². The van der Waals surface area contributed by atoms with Crippen molar-refractivity contribution in [1.29, 1.82) is 0 Å². The smallest absolute Gasteiger partial charge is 0.434 e. The lowest BCUT2D eigenvalue weighted by Gasteiger charge is -2.31.